The number of alkyl halides is 3. The van der Waals surface area contributed by atoms with Crippen molar-refractivity contribution in [1.29, 1.82) is 0 Å². The minimum absolute atomic E-state index is 0.0443. The standard InChI is InChI=1S/C11H11F3.C2H6/c1-7-5-6-8-3-2-4-9(10(7)8)11(12,13)14;1-2/h2-4,7H,5-6H2,1H3;1-2H3. The van der Waals surface area contributed by atoms with Gasteiger partial charge in [0, 0.05) is 0 Å². The molecule has 0 saturated carbocycles. The molecule has 1 aromatic rings. The highest BCUT2D eigenvalue weighted by atomic mass is 19.4. The van der Waals surface area contributed by atoms with Crippen molar-refractivity contribution >= 4 is 0 Å². The molecule has 0 spiro atoms. The molecule has 0 aromatic heterocycles. The first-order chi connectivity index (χ1) is 7.50. The number of hydrogen-bond acceptors (Lipinski definition) is 0. The van der Waals surface area contributed by atoms with E-state index in [2.05, 4.69) is 0 Å². The Labute approximate surface area is 94.5 Å². The fraction of sp³-hybridized carbons (Fsp3) is 0.538. The second kappa shape index (κ2) is 4.89. The molecule has 0 fully saturated rings. The van der Waals surface area contributed by atoms with Crippen molar-refractivity contribution in [3.63, 3.8) is 0 Å². The zero-order chi connectivity index (χ0) is 12.3. The van der Waals surface area contributed by atoms with Crippen LogP contribution < -0.4 is 0 Å². The van der Waals surface area contributed by atoms with Crippen molar-refractivity contribution in [3.8, 4) is 0 Å². The van der Waals surface area contributed by atoms with Gasteiger partial charge in [0.2, 0.25) is 0 Å². The molecule has 3 heteroatoms. The van der Waals surface area contributed by atoms with Crippen LogP contribution in [0.25, 0.3) is 0 Å². The molecule has 1 unspecified atom stereocenters. The highest BCUT2D eigenvalue weighted by Crippen LogP contribution is 2.41. The van der Waals surface area contributed by atoms with E-state index in [1.165, 1.54) is 12.1 Å². The lowest BCUT2D eigenvalue weighted by Crippen LogP contribution is -2.09. The molecule has 0 radical (unpaired) electrons. The summed E-state index contributed by atoms with van der Waals surface area (Å²) in [6.45, 7) is 5.86. The van der Waals surface area contributed by atoms with E-state index in [0.29, 0.717) is 5.56 Å². The zero-order valence-electron chi connectivity index (χ0n) is 9.86. The van der Waals surface area contributed by atoms with Gasteiger partial charge in [0.05, 0.1) is 5.56 Å². The molecule has 90 valence electrons. The Bertz CT molecular complexity index is 353. The van der Waals surface area contributed by atoms with Crippen LogP contribution in [0, 0.1) is 0 Å². The molecule has 0 nitrogen and oxygen atoms in total. The Morgan fingerprint density at radius 1 is 1.19 bits per heavy atom. The minimum Gasteiger partial charge on any atom is -0.166 e. The third-order valence-corrected chi connectivity index (χ3v) is 2.84. The largest absolute Gasteiger partial charge is 0.416 e. The van der Waals surface area contributed by atoms with Gasteiger partial charge in [-0.25, -0.2) is 0 Å². The van der Waals surface area contributed by atoms with Crippen LogP contribution in [-0.4, -0.2) is 0 Å². The van der Waals surface area contributed by atoms with E-state index in [1.807, 2.05) is 20.8 Å². The molecule has 1 aromatic carbocycles. The van der Waals surface area contributed by atoms with E-state index in [1.54, 1.807) is 6.07 Å². The number of benzene rings is 1. The van der Waals surface area contributed by atoms with Crippen LogP contribution in [0.5, 0.6) is 0 Å². The summed E-state index contributed by atoms with van der Waals surface area (Å²) in [6.07, 6.45) is -2.59. The molecule has 1 aliphatic carbocycles. The molecule has 1 atom stereocenters. The molecule has 16 heavy (non-hydrogen) atoms. The summed E-state index contributed by atoms with van der Waals surface area (Å²) in [6, 6.07) is 4.48. The summed E-state index contributed by atoms with van der Waals surface area (Å²) in [5, 5.41) is 0. The van der Waals surface area contributed by atoms with Crippen LogP contribution in [0.1, 0.15) is 49.8 Å². The molecule has 1 aliphatic rings. The van der Waals surface area contributed by atoms with E-state index < -0.39 is 11.7 Å². The lowest BCUT2D eigenvalue weighted by Gasteiger charge is -2.14. The third kappa shape index (κ3) is 2.39. The van der Waals surface area contributed by atoms with Crippen molar-refractivity contribution in [3.05, 3.63) is 34.9 Å². The Morgan fingerprint density at radius 3 is 2.38 bits per heavy atom. The summed E-state index contributed by atoms with van der Waals surface area (Å²) in [5.41, 5.74) is 0.937. The Hall–Kier alpha value is -0.990. The second-order valence-corrected chi connectivity index (χ2v) is 3.82. The average molecular weight is 230 g/mol. The lowest BCUT2D eigenvalue weighted by atomic mass is 9.97. The number of hydrogen-bond donors (Lipinski definition) is 0. The van der Waals surface area contributed by atoms with Crippen LogP contribution >= 0.6 is 0 Å². The zero-order valence-corrected chi connectivity index (χ0v) is 9.86. The predicted molar refractivity (Wildman–Crippen MR) is 59.5 cm³/mol. The maximum absolute atomic E-state index is 12.6. The number of fused-ring (bicyclic) bond motifs is 1. The van der Waals surface area contributed by atoms with E-state index in [9.17, 15) is 13.2 Å². The van der Waals surface area contributed by atoms with E-state index in [-0.39, 0.29) is 5.92 Å². The van der Waals surface area contributed by atoms with Crippen molar-refractivity contribution in [2.75, 3.05) is 0 Å². The van der Waals surface area contributed by atoms with Crippen molar-refractivity contribution in [2.45, 2.75) is 45.7 Å². The van der Waals surface area contributed by atoms with Gasteiger partial charge in [-0.2, -0.15) is 13.2 Å². The number of halogens is 3. The van der Waals surface area contributed by atoms with Gasteiger partial charge in [0.25, 0.3) is 0 Å². The van der Waals surface area contributed by atoms with E-state index in [4.69, 9.17) is 0 Å². The predicted octanol–water partition coefficient (Wildman–Crippen LogP) is 4.78. The van der Waals surface area contributed by atoms with Crippen LogP contribution in [0.2, 0.25) is 0 Å². The smallest absolute Gasteiger partial charge is 0.166 e. The highest BCUT2D eigenvalue weighted by Gasteiger charge is 2.36. The normalized spacial score (nSPS) is 18.8. The summed E-state index contributed by atoms with van der Waals surface area (Å²) < 4.78 is 37.8. The molecular weight excluding hydrogens is 213 g/mol. The first kappa shape index (κ1) is 13.1. The van der Waals surface area contributed by atoms with Gasteiger partial charge in [0.1, 0.15) is 0 Å². The maximum Gasteiger partial charge on any atom is 0.416 e. The van der Waals surface area contributed by atoms with Gasteiger partial charge in [-0.3, -0.25) is 0 Å². The van der Waals surface area contributed by atoms with Crippen LogP contribution in [-0.2, 0) is 12.6 Å². The van der Waals surface area contributed by atoms with Crippen molar-refractivity contribution in [1.82, 2.24) is 0 Å². The maximum atomic E-state index is 12.6. The monoisotopic (exact) mass is 230 g/mol. The van der Waals surface area contributed by atoms with E-state index >= 15 is 0 Å². The average Bonchev–Trinajstić information content (AvgIpc) is 2.62. The second-order valence-electron chi connectivity index (χ2n) is 3.82. The fourth-order valence-corrected chi connectivity index (χ4v) is 2.18. The number of aryl methyl sites for hydroxylation is 1. The fourth-order valence-electron chi connectivity index (χ4n) is 2.18. The molecule has 0 aliphatic heterocycles. The molecular formula is C13H17F3. The summed E-state index contributed by atoms with van der Waals surface area (Å²) >= 11 is 0. The quantitative estimate of drug-likeness (QED) is 0.601. The van der Waals surface area contributed by atoms with Gasteiger partial charge in [0.15, 0.2) is 0 Å². The lowest BCUT2D eigenvalue weighted by molar-refractivity contribution is -0.138. The van der Waals surface area contributed by atoms with Crippen LogP contribution in [0.15, 0.2) is 18.2 Å². The van der Waals surface area contributed by atoms with E-state index in [0.717, 1.165) is 18.4 Å². The van der Waals surface area contributed by atoms with Gasteiger partial charge >= 0.3 is 6.18 Å². The number of rotatable bonds is 0. The molecule has 0 N–H and O–H groups in total. The molecule has 0 saturated heterocycles. The Morgan fingerprint density at radius 2 is 1.81 bits per heavy atom. The first-order valence-electron chi connectivity index (χ1n) is 5.69. The van der Waals surface area contributed by atoms with Gasteiger partial charge in [-0.05, 0) is 36.0 Å². The third-order valence-electron chi connectivity index (χ3n) is 2.84. The van der Waals surface area contributed by atoms with Gasteiger partial charge in [-0.15, -0.1) is 0 Å². The summed E-state index contributed by atoms with van der Waals surface area (Å²) in [5.74, 6) is 0.0443. The molecule has 2 rings (SSSR count). The van der Waals surface area contributed by atoms with Crippen molar-refractivity contribution < 1.29 is 13.2 Å². The Kier molecular flexibility index (Phi) is 4.00. The highest BCUT2D eigenvalue weighted by molar-refractivity contribution is 5.42. The van der Waals surface area contributed by atoms with Crippen LogP contribution in [0.4, 0.5) is 13.2 Å². The summed E-state index contributed by atoms with van der Waals surface area (Å²) in [4.78, 5) is 0. The Balaban J connectivity index is 0.000000606. The van der Waals surface area contributed by atoms with Gasteiger partial charge in [-0.1, -0.05) is 32.9 Å². The topological polar surface area (TPSA) is 0 Å². The molecule has 0 bridgehead atoms. The van der Waals surface area contributed by atoms with Gasteiger partial charge < -0.3 is 0 Å². The first-order valence-corrected chi connectivity index (χ1v) is 5.69. The molecule has 0 amide bonds. The molecule has 0 heterocycles. The SMILES string of the molecule is CC.CC1CCc2cccc(C(F)(F)F)c21. The van der Waals surface area contributed by atoms with Crippen molar-refractivity contribution in [2.24, 2.45) is 0 Å². The van der Waals surface area contributed by atoms with Crippen LogP contribution in [0.3, 0.4) is 0 Å². The summed E-state index contributed by atoms with van der Waals surface area (Å²) in [7, 11) is 0. The minimum atomic E-state index is -4.20.